The minimum absolute atomic E-state index is 0.235. The van der Waals surface area contributed by atoms with Crippen LogP contribution in [-0.2, 0) is 6.42 Å². The van der Waals surface area contributed by atoms with Crippen LogP contribution in [0.25, 0.3) is 11.0 Å². The molecule has 3 rings (SSSR count). The molecule has 0 aliphatic heterocycles. The fraction of sp³-hybridized carbons (Fsp3) is 0.133. The molecule has 1 heterocycles. The van der Waals surface area contributed by atoms with E-state index in [4.69, 9.17) is 5.73 Å². The van der Waals surface area contributed by atoms with Crippen LogP contribution in [0, 0.1) is 5.82 Å². The zero-order valence-electron chi connectivity index (χ0n) is 10.8. The van der Waals surface area contributed by atoms with Gasteiger partial charge in [0.2, 0.25) is 0 Å². The van der Waals surface area contributed by atoms with E-state index in [2.05, 4.69) is 9.97 Å². The Kier molecular flexibility index (Phi) is 3.71. The van der Waals surface area contributed by atoms with Crippen molar-refractivity contribution in [3.63, 3.8) is 0 Å². The third-order valence-electron chi connectivity index (χ3n) is 3.00. The Morgan fingerprint density at radius 2 is 2.05 bits per heavy atom. The lowest BCUT2D eigenvalue weighted by Gasteiger charge is -2.03. The van der Waals surface area contributed by atoms with Crippen molar-refractivity contribution >= 4 is 22.8 Å². The minimum Gasteiger partial charge on any atom is -0.333 e. The number of halogens is 1. The summed E-state index contributed by atoms with van der Waals surface area (Å²) in [6.07, 6.45) is 0.687. The van der Waals surface area contributed by atoms with Crippen molar-refractivity contribution in [2.45, 2.75) is 16.5 Å². The van der Waals surface area contributed by atoms with Crippen molar-refractivity contribution in [2.24, 2.45) is 5.73 Å². The standard InChI is InChI=1S/C15H14FN3S/c16-11-9-10(7-8-17)5-6-14(11)20-15-18-12-3-1-2-4-13(12)19-15/h1-6,9H,7-8,17H2,(H,18,19). The van der Waals surface area contributed by atoms with Gasteiger partial charge in [-0.2, -0.15) is 0 Å². The molecule has 20 heavy (non-hydrogen) atoms. The first-order chi connectivity index (χ1) is 9.76. The van der Waals surface area contributed by atoms with E-state index in [1.54, 1.807) is 6.07 Å². The van der Waals surface area contributed by atoms with Crippen molar-refractivity contribution in [3.8, 4) is 0 Å². The molecule has 0 fully saturated rings. The van der Waals surface area contributed by atoms with Crippen LogP contribution >= 0.6 is 11.8 Å². The Hall–Kier alpha value is -1.85. The molecular weight excluding hydrogens is 273 g/mol. The predicted octanol–water partition coefficient (Wildman–Crippen LogP) is 3.35. The zero-order valence-corrected chi connectivity index (χ0v) is 11.6. The lowest BCUT2D eigenvalue weighted by molar-refractivity contribution is 0.599. The summed E-state index contributed by atoms with van der Waals surface area (Å²) in [7, 11) is 0. The first-order valence-electron chi connectivity index (χ1n) is 6.37. The van der Waals surface area contributed by atoms with Crippen molar-refractivity contribution in [1.82, 2.24) is 9.97 Å². The van der Waals surface area contributed by atoms with Gasteiger partial charge in [-0.15, -0.1) is 0 Å². The number of para-hydroxylation sites is 2. The van der Waals surface area contributed by atoms with E-state index in [0.29, 0.717) is 23.0 Å². The molecule has 0 saturated heterocycles. The van der Waals surface area contributed by atoms with Crippen LogP contribution in [0.1, 0.15) is 5.56 Å². The monoisotopic (exact) mass is 287 g/mol. The lowest BCUT2D eigenvalue weighted by Crippen LogP contribution is -2.02. The van der Waals surface area contributed by atoms with E-state index < -0.39 is 0 Å². The maximum Gasteiger partial charge on any atom is 0.171 e. The van der Waals surface area contributed by atoms with Gasteiger partial charge in [-0.1, -0.05) is 18.2 Å². The van der Waals surface area contributed by atoms with E-state index in [9.17, 15) is 4.39 Å². The largest absolute Gasteiger partial charge is 0.333 e. The lowest BCUT2D eigenvalue weighted by atomic mass is 10.1. The minimum atomic E-state index is -0.235. The van der Waals surface area contributed by atoms with Crippen molar-refractivity contribution in [3.05, 3.63) is 53.8 Å². The molecule has 0 saturated carbocycles. The third kappa shape index (κ3) is 2.69. The average molecular weight is 287 g/mol. The highest BCUT2D eigenvalue weighted by Crippen LogP contribution is 2.29. The molecule has 0 aliphatic carbocycles. The van der Waals surface area contributed by atoms with Crippen molar-refractivity contribution in [1.29, 1.82) is 0 Å². The van der Waals surface area contributed by atoms with Gasteiger partial charge in [0.15, 0.2) is 5.16 Å². The van der Waals surface area contributed by atoms with Crippen molar-refractivity contribution in [2.75, 3.05) is 6.54 Å². The zero-order chi connectivity index (χ0) is 13.9. The fourth-order valence-electron chi connectivity index (χ4n) is 2.03. The Morgan fingerprint density at radius 3 is 2.80 bits per heavy atom. The van der Waals surface area contributed by atoms with Crippen molar-refractivity contribution < 1.29 is 4.39 Å². The van der Waals surface area contributed by atoms with Gasteiger partial charge in [0, 0.05) is 0 Å². The summed E-state index contributed by atoms with van der Waals surface area (Å²) in [5.74, 6) is -0.235. The van der Waals surface area contributed by atoms with E-state index in [1.165, 1.54) is 17.8 Å². The Labute approximate surface area is 120 Å². The summed E-state index contributed by atoms with van der Waals surface area (Å²) in [5, 5.41) is 0.691. The van der Waals surface area contributed by atoms with Gasteiger partial charge in [-0.3, -0.25) is 0 Å². The molecule has 3 aromatic rings. The second kappa shape index (κ2) is 5.64. The van der Waals surface area contributed by atoms with Gasteiger partial charge in [0.1, 0.15) is 5.82 Å². The van der Waals surface area contributed by atoms with Crippen LogP contribution in [0.4, 0.5) is 4.39 Å². The second-order valence-corrected chi connectivity index (χ2v) is 5.50. The number of imidazole rings is 1. The number of rotatable bonds is 4. The maximum atomic E-state index is 14.0. The first kappa shape index (κ1) is 13.1. The molecule has 0 amide bonds. The molecule has 0 unspecified atom stereocenters. The van der Waals surface area contributed by atoms with E-state index in [-0.39, 0.29) is 5.82 Å². The molecule has 0 atom stereocenters. The molecule has 102 valence electrons. The Balaban J connectivity index is 1.86. The molecular formula is C15H14FN3S. The van der Waals surface area contributed by atoms with Crippen LogP contribution in [0.2, 0.25) is 0 Å². The smallest absolute Gasteiger partial charge is 0.171 e. The summed E-state index contributed by atoms with van der Waals surface area (Å²) in [5.41, 5.74) is 8.23. The van der Waals surface area contributed by atoms with E-state index in [0.717, 1.165) is 16.6 Å². The molecule has 0 aliphatic rings. The number of benzene rings is 2. The number of H-pyrrole nitrogens is 1. The Bertz CT molecular complexity index is 706. The maximum absolute atomic E-state index is 14.0. The number of aromatic nitrogens is 2. The molecule has 1 aromatic heterocycles. The Morgan fingerprint density at radius 1 is 1.20 bits per heavy atom. The van der Waals surface area contributed by atoms with Crippen LogP contribution in [0.15, 0.2) is 52.5 Å². The van der Waals surface area contributed by atoms with Gasteiger partial charge in [0.25, 0.3) is 0 Å². The van der Waals surface area contributed by atoms with Gasteiger partial charge < -0.3 is 10.7 Å². The number of nitrogens with zero attached hydrogens (tertiary/aromatic N) is 1. The van der Waals surface area contributed by atoms with Crippen LogP contribution < -0.4 is 5.73 Å². The van der Waals surface area contributed by atoms with E-state index >= 15 is 0 Å². The van der Waals surface area contributed by atoms with Gasteiger partial charge >= 0.3 is 0 Å². The number of nitrogens with one attached hydrogen (secondary N) is 1. The number of aromatic amines is 1. The summed E-state index contributed by atoms with van der Waals surface area (Å²) in [6, 6.07) is 13.0. The molecule has 3 nitrogen and oxygen atoms in total. The number of fused-ring (bicyclic) bond motifs is 1. The summed E-state index contributed by atoms with van der Waals surface area (Å²) >= 11 is 1.29. The molecule has 0 spiro atoms. The van der Waals surface area contributed by atoms with Gasteiger partial charge in [0.05, 0.1) is 15.9 Å². The second-order valence-electron chi connectivity index (χ2n) is 4.46. The van der Waals surface area contributed by atoms with Gasteiger partial charge in [-0.05, 0) is 54.6 Å². The van der Waals surface area contributed by atoms with E-state index in [1.807, 2.05) is 30.3 Å². The highest BCUT2D eigenvalue weighted by molar-refractivity contribution is 7.99. The highest BCUT2D eigenvalue weighted by atomic mass is 32.2. The first-order valence-corrected chi connectivity index (χ1v) is 7.19. The molecule has 5 heteroatoms. The summed E-state index contributed by atoms with van der Waals surface area (Å²) in [4.78, 5) is 8.16. The topological polar surface area (TPSA) is 54.7 Å². The molecule has 0 bridgehead atoms. The SMILES string of the molecule is NCCc1ccc(Sc2nc3ccccc3[nH]2)c(F)c1. The highest BCUT2D eigenvalue weighted by Gasteiger charge is 2.09. The number of hydrogen-bond acceptors (Lipinski definition) is 3. The molecule has 3 N–H and O–H groups in total. The van der Waals surface area contributed by atoms with Crippen LogP contribution in [0.3, 0.4) is 0 Å². The normalized spacial score (nSPS) is 11.1. The number of hydrogen-bond donors (Lipinski definition) is 2. The average Bonchev–Trinajstić information content (AvgIpc) is 2.84. The third-order valence-corrected chi connectivity index (χ3v) is 3.94. The predicted molar refractivity (Wildman–Crippen MR) is 79.4 cm³/mol. The number of nitrogens with two attached hydrogens (primary N) is 1. The van der Waals surface area contributed by atoms with Crippen LogP contribution in [-0.4, -0.2) is 16.5 Å². The quantitative estimate of drug-likeness (QED) is 0.773. The summed E-state index contributed by atoms with van der Waals surface area (Å²) < 4.78 is 14.0. The molecule has 0 radical (unpaired) electrons. The molecule has 2 aromatic carbocycles. The van der Waals surface area contributed by atoms with Crippen LogP contribution in [0.5, 0.6) is 0 Å². The summed E-state index contributed by atoms with van der Waals surface area (Å²) in [6.45, 7) is 0.523. The van der Waals surface area contributed by atoms with Gasteiger partial charge in [-0.25, -0.2) is 9.37 Å². The fourth-order valence-corrected chi connectivity index (χ4v) is 2.84.